The molecule has 0 bridgehead atoms. The van der Waals surface area contributed by atoms with Crippen LogP contribution in [0.3, 0.4) is 0 Å². The molecule has 2 aromatic rings. The number of hydrogen-bond donors (Lipinski definition) is 2. The number of carbonyl (C=O) groups excluding carboxylic acids is 2. The van der Waals surface area contributed by atoms with E-state index in [1.165, 1.54) is 0 Å². The van der Waals surface area contributed by atoms with Gasteiger partial charge in [-0.15, -0.1) is 11.8 Å². The van der Waals surface area contributed by atoms with Crippen LogP contribution >= 0.6 is 11.8 Å². The first-order valence-electron chi connectivity index (χ1n) is 8.75. The lowest BCUT2D eigenvalue weighted by atomic mass is 10.1. The topological polar surface area (TPSA) is 67.4 Å². The van der Waals surface area contributed by atoms with Crippen molar-refractivity contribution in [3.8, 4) is 0 Å². The number of hydrogen-bond acceptors (Lipinski definition) is 4. The number of ether oxygens (including phenoxy) is 1. The fourth-order valence-electron chi connectivity index (χ4n) is 2.44. The van der Waals surface area contributed by atoms with Crippen LogP contribution in [0.5, 0.6) is 0 Å². The molecule has 2 N–H and O–H groups in total. The molecule has 0 aliphatic rings. The number of carbonyl (C=O) groups is 2. The molecule has 0 spiro atoms. The maximum Gasteiger partial charge on any atom is 0.408 e. The van der Waals surface area contributed by atoms with E-state index in [0.29, 0.717) is 12.1 Å². The fourth-order valence-corrected chi connectivity index (χ4v) is 2.90. The van der Waals surface area contributed by atoms with Crippen molar-refractivity contribution in [2.75, 3.05) is 11.6 Å². The summed E-state index contributed by atoms with van der Waals surface area (Å²) in [7, 11) is 0. The monoisotopic (exact) mass is 386 g/mol. The minimum Gasteiger partial charge on any atom is -0.444 e. The maximum atomic E-state index is 12.8. The predicted octanol–water partition coefficient (Wildman–Crippen LogP) is 4.48. The van der Waals surface area contributed by atoms with Crippen LogP contribution in [0.4, 0.5) is 10.5 Å². The van der Waals surface area contributed by atoms with Crippen molar-refractivity contribution < 1.29 is 14.3 Å². The van der Waals surface area contributed by atoms with Crippen LogP contribution in [0.15, 0.2) is 59.5 Å². The summed E-state index contributed by atoms with van der Waals surface area (Å²) in [6.07, 6.45) is 1.73. The van der Waals surface area contributed by atoms with Gasteiger partial charge in [-0.05, 0) is 50.8 Å². The van der Waals surface area contributed by atoms with Crippen molar-refractivity contribution in [3.63, 3.8) is 0 Å². The van der Waals surface area contributed by atoms with E-state index in [1.807, 2.05) is 60.9 Å². The molecule has 0 aliphatic carbocycles. The number of thioether (sulfide) groups is 1. The molecule has 2 amide bonds. The van der Waals surface area contributed by atoms with E-state index in [-0.39, 0.29) is 5.91 Å². The fraction of sp³-hybridized carbons (Fsp3) is 0.333. The normalized spacial score (nSPS) is 12.1. The van der Waals surface area contributed by atoms with Crippen molar-refractivity contribution in [3.05, 3.63) is 60.2 Å². The lowest BCUT2D eigenvalue weighted by Gasteiger charge is -2.23. The summed E-state index contributed by atoms with van der Waals surface area (Å²) in [6, 6.07) is 16.4. The summed E-state index contributed by atoms with van der Waals surface area (Å²) < 4.78 is 5.31. The molecule has 2 rings (SSSR count). The number of rotatable bonds is 6. The van der Waals surface area contributed by atoms with Gasteiger partial charge in [0.25, 0.3) is 0 Å². The van der Waals surface area contributed by atoms with Crippen molar-refractivity contribution >= 4 is 29.4 Å². The molecule has 6 heteroatoms. The molecule has 0 heterocycles. The van der Waals surface area contributed by atoms with E-state index in [2.05, 4.69) is 10.6 Å². The van der Waals surface area contributed by atoms with Crippen LogP contribution < -0.4 is 10.6 Å². The van der Waals surface area contributed by atoms with Gasteiger partial charge in [0.2, 0.25) is 5.91 Å². The van der Waals surface area contributed by atoms with Gasteiger partial charge < -0.3 is 15.4 Å². The lowest BCUT2D eigenvalue weighted by Crippen LogP contribution is -2.47. The van der Waals surface area contributed by atoms with E-state index in [9.17, 15) is 9.59 Å². The van der Waals surface area contributed by atoms with Crippen LogP contribution in [-0.4, -0.2) is 29.9 Å². The number of anilines is 1. The molecule has 27 heavy (non-hydrogen) atoms. The zero-order valence-electron chi connectivity index (χ0n) is 16.1. The Morgan fingerprint density at radius 2 is 1.78 bits per heavy atom. The van der Waals surface area contributed by atoms with E-state index in [0.717, 1.165) is 10.5 Å². The van der Waals surface area contributed by atoms with Crippen LogP contribution in [0.1, 0.15) is 26.3 Å². The average Bonchev–Trinajstić information content (AvgIpc) is 2.60. The highest BCUT2D eigenvalue weighted by Crippen LogP contribution is 2.19. The average molecular weight is 387 g/mol. The summed E-state index contributed by atoms with van der Waals surface area (Å²) >= 11 is 1.60. The van der Waals surface area contributed by atoms with Gasteiger partial charge in [0.15, 0.2) is 0 Å². The summed E-state index contributed by atoms with van der Waals surface area (Å²) in [6.45, 7) is 5.35. The van der Waals surface area contributed by atoms with Gasteiger partial charge in [0, 0.05) is 17.0 Å². The molecule has 0 unspecified atom stereocenters. The Kier molecular flexibility index (Phi) is 7.30. The van der Waals surface area contributed by atoms with E-state index < -0.39 is 17.7 Å². The van der Waals surface area contributed by atoms with Crippen molar-refractivity contribution in [2.45, 2.75) is 43.7 Å². The second-order valence-electron chi connectivity index (χ2n) is 7.11. The van der Waals surface area contributed by atoms with Crippen LogP contribution in [0, 0.1) is 0 Å². The quantitative estimate of drug-likeness (QED) is 0.718. The molecule has 144 valence electrons. The largest absolute Gasteiger partial charge is 0.444 e. The summed E-state index contributed by atoms with van der Waals surface area (Å²) in [5.41, 5.74) is 1.01. The Bertz CT molecular complexity index is 772. The smallest absolute Gasteiger partial charge is 0.408 e. The van der Waals surface area contributed by atoms with Crippen LogP contribution in [0.2, 0.25) is 0 Å². The van der Waals surface area contributed by atoms with E-state index >= 15 is 0 Å². The van der Waals surface area contributed by atoms with Gasteiger partial charge in [-0.2, -0.15) is 0 Å². The van der Waals surface area contributed by atoms with Gasteiger partial charge in [-0.25, -0.2) is 4.79 Å². The SMILES string of the molecule is CSc1cccc(NC(=O)[C@H](Cc2ccccc2)NC(=O)OC(C)(C)C)c1. The molecular weight excluding hydrogens is 360 g/mol. The van der Waals surface area contributed by atoms with Gasteiger partial charge in [-0.3, -0.25) is 4.79 Å². The Morgan fingerprint density at radius 3 is 2.41 bits per heavy atom. The van der Waals surface area contributed by atoms with Gasteiger partial charge in [0.05, 0.1) is 0 Å². The Hall–Kier alpha value is -2.47. The highest BCUT2D eigenvalue weighted by Gasteiger charge is 2.24. The summed E-state index contributed by atoms with van der Waals surface area (Å²) in [5.74, 6) is -0.289. The van der Waals surface area contributed by atoms with E-state index in [1.54, 1.807) is 32.5 Å². The third-order valence-electron chi connectivity index (χ3n) is 3.63. The number of benzene rings is 2. The lowest BCUT2D eigenvalue weighted by molar-refractivity contribution is -0.118. The van der Waals surface area contributed by atoms with Gasteiger partial charge in [0.1, 0.15) is 11.6 Å². The number of alkyl carbamates (subject to hydrolysis) is 1. The summed E-state index contributed by atoms with van der Waals surface area (Å²) in [4.78, 5) is 26.1. The number of nitrogens with one attached hydrogen (secondary N) is 2. The third-order valence-corrected chi connectivity index (χ3v) is 4.35. The standard InChI is InChI=1S/C21H26N2O3S/c1-21(2,3)26-20(25)23-18(13-15-9-6-5-7-10-15)19(24)22-16-11-8-12-17(14-16)27-4/h5-12,14,18H,13H2,1-4H3,(H,22,24)(H,23,25)/t18-/m0/s1. The zero-order chi connectivity index (χ0) is 19.9. The first kappa shape index (κ1) is 20.8. The van der Waals surface area contributed by atoms with Gasteiger partial charge >= 0.3 is 6.09 Å². The first-order valence-corrected chi connectivity index (χ1v) is 9.97. The second-order valence-corrected chi connectivity index (χ2v) is 7.99. The highest BCUT2D eigenvalue weighted by atomic mass is 32.2. The zero-order valence-corrected chi connectivity index (χ0v) is 16.9. The molecule has 0 fully saturated rings. The van der Waals surface area contributed by atoms with Crippen molar-refractivity contribution in [1.29, 1.82) is 0 Å². The third kappa shape index (κ3) is 7.35. The molecule has 5 nitrogen and oxygen atoms in total. The number of amides is 2. The molecule has 0 aliphatic heterocycles. The van der Waals surface area contributed by atoms with Crippen LogP contribution in [-0.2, 0) is 16.0 Å². The predicted molar refractivity (Wildman–Crippen MR) is 110 cm³/mol. The first-order chi connectivity index (χ1) is 12.8. The molecule has 0 saturated carbocycles. The van der Waals surface area contributed by atoms with E-state index in [4.69, 9.17) is 4.74 Å². The Labute approximate surface area is 164 Å². The maximum absolute atomic E-state index is 12.8. The molecule has 0 saturated heterocycles. The van der Waals surface area contributed by atoms with Crippen molar-refractivity contribution in [1.82, 2.24) is 5.32 Å². The second kappa shape index (κ2) is 9.46. The highest BCUT2D eigenvalue weighted by molar-refractivity contribution is 7.98. The molecule has 2 aromatic carbocycles. The molecule has 1 atom stereocenters. The van der Waals surface area contributed by atoms with Crippen molar-refractivity contribution in [2.24, 2.45) is 0 Å². The minimum absolute atomic E-state index is 0.289. The molecule has 0 radical (unpaired) electrons. The Balaban J connectivity index is 2.14. The van der Waals surface area contributed by atoms with Gasteiger partial charge in [-0.1, -0.05) is 36.4 Å². The summed E-state index contributed by atoms with van der Waals surface area (Å²) in [5, 5.41) is 5.57. The minimum atomic E-state index is -0.750. The molecule has 0 aromatic heterocycles. The molecular formula is C21H26N2O3S. The Morgan fingerprint density at radius 1 is 1.07 bits per heavy atom. The van der Waals surface area contributed by atoms with Crippen LogP contribution in [0.25, 0.3) is 0 Å².